The number of thioether (sulfide) groups is 1. The fraction of sp³-hybridized carbons (Fsp3) is 0.632. The minimum Gasteiger partial charge on any atom is -0.465 e. The summed E-state index contributed by atoms with van der Waals surface area (Å²) >= 11 is 1.85. The van der Waals surface area contributed by atoms with Crippen LogP contribution in [0.4, 0.5) is 0 Å². The summed E-state index contributed by atoms with van der Waals surface area (Å²) in [7, 11) is 0. The maximum atomic E-state index is 12.4. The molecule has 0 N–H and O–H groups in total. The van der Waals surface area contributed by atoms with Gasteiger partial charge in [-0.05, 0) is 29.9 Å². The summed E-state index contributed by atoms with van der Waals surface area (Å²) in [5.41, 5.74) is 0.165. The molecule has 1 aromatic carbocycles. The summed E-state index contributed by atoms with van der Waals surface area (Å²) in [5.74, 6) is 1.30. The van der Waals surface area contributed by atoms with Crippen LogP contribution in [0.5, 0.6) is 0 Å². The van der Waals surface area contributed by atoms with E-state index >= 15 is 0 Å². The Bertz CT molecular complexity index is 502. The number of benzene rings is 1. The van der Waals surface area contributed by atoms with Crippen molar-refractivity contribution in [2.24, 2.45) is 22.7 Å². The number of rotatable bonds is 4. The van der Waals surface area contributed by atoms with Gasteiger partial charge in [0, 0.05) is 16.1 Å². The molecule has 0 unspecified atom stereocenters. The van der Waals surface area contributed by atoms with Gasteiger partial charge in [0.1, 0.15) is 0 Å². The molecule has 22 heavy (non-hydrogen) atoms. The number of cyclic esters (lactones) is 1. The van der Waals surface area contributed by atoms with Crippen LogP contribution < -0.4 is 0 Å². The predicted molar refractivity (Wildman–Crippen MR) is 93.0 cm³/mol. The zero-order chi connectivity index (χ0) is 16.4. The van der Waals surface area contributed by atoms with Gasteiger partial charge in [0.25, 0.3) is 0 Å². The van der Waals surface area contributed by atoms with Gasteiger partial charge in [-0.3, -0.25) is 4.79 Å². The summed E-state index contributed by atoms with van der Waals surface area (Å²) in [5, 5.41) is 0. The van der Waals surface area contributed by atoms with Crippen LogP contribution in [0, 0.1) is 22.7 Å². The van der Waals surface area contributed by atoms with Crippen molar-refractivity contribution < 1.29 is 9.53 Å². The molecule has 1 aromatic rings. The number of esters is 1. The summed E-state index contributed by atoms with van der Waals surface area (Å²) in [6.07, 6.45) is 0.884. The maximum Gasteiger partial charge on any atom is 0.309 e. The summed E-state index contributed by atoms with van der Waals surface area (Å²) in [6, 6.07) is 10.4. The molecule has 0 bridgehead atoms. The Hall–Kier alpha value is -0.960. The largest absolute Gasteiger partial charge is 0.465 e. The van der Waals surface area contributed by atoms with Gasteiger partial charge in [-0.1, -0.05) is 52.8 Å². The van der Waals surface area contributed by atoms with Gasteiger partial charge in [0.05, 0.1) is 12.5 Å². The minimum atomic E-state index is -0.00656. The molecule has 3 heteroatoms. The first kappa shape index (κ1) is 17.4. The third-order valence-electron chi connectivity index (χ3n) is 4.38. The van der Waals surface area contributed by atoms with Crippen molar-refractivity contribution in [3.63, 3.8) is 0 Å². The van der Waals surface area contributed by atoms with E-state index in [1.807, 2.05) is 17.8 Å². The van der Waals surface area contributed by atoms with Crippen LogP contribution in [0.3, 0.4) is 0 Å². The van der Waals surface area contributed by atoms with E-state index < -0.39 is 0 Å². The van der Waals surface area contributed by atoms with E-state index in [-0.39, 0.29) is 22.7 Å². The first-order valence-corrected chi connectivity index (χ1v) is 9.02. The molecular weight excluding hydrogens is 292 g/mol. The molecule has 2 atom stereocenters. The molecule has 122 valence electrons. The summed E-state index contributed by atoms with van der Waals surface area (Å²) in [6.45, 7) is 11.6. The Morgan fingerprint density at radius 2 is 1.86 bits per heavy atom. The SMILES string of the molecule is CC(C)(C)C[C@@H]1C(=O)OCC(C)(C)[C@H]1CSc1ccccc1. The Morgan fingerprint density at radius 1 is 1.23 bits per heavy atom. The Labute approximate surface area is 139 Å². The maximum absolute atomic E-state index is 12.4. The lowest BCUT2D eigenvalue weighted by Crippen LogP contribution is -2.47. The van der Waals surface area contributed by atoms with Crippen molar-refractivity contribution in [1.29, 1.82) is 0 Å². The molecule has 1 heterocycles. The molecular formula is C19H28O2S. The second kappa shape index (κ2) is 6.66. The molecule has 2 rings (SSSR count). The number of hydrogen-bond donors (Lipinski definition) is 0. The lowest BCUT2D eigenvalue weighted by atomic mass is 9.67. The molecule has 0 radical (unpaired) electrons. The van der Waals surface area contributed by atoms with E-state index in [0.29, 0.717) is 12.5 Å². The van der Waals surface area contributed by atoms with Gasteiger partial charge >= 0.3 is 5.97 Å². The molecule has 0 aliphatic carbocycles. The van der Waals surface area contributed by atoms with E-state index in [1.165, 1.54) is 4.90 Å². The van der Waals surface area contributed by atoms with Gasteiger partial charge < -0.3 is 4.74 Å². The minimum absolute atomic E-state index is 0.0000350. The Balaban J connectivity index is 2.15. The molecule has 0 spiro atoms. The lowest BCUT2D eigenvalue weighted by Gasteiger charge is -2.44. The van der Waals surface area contributed by atoms with Crippen LogP contribution in [0.15, 0.2) is 35.2 Å². The number of carbonyl (C=O) groups excluding carboxylic acids is 1. The monoisotopic (exact) mass is 320 g/mol. The van der Waals surface area contributed by atoms with Gasteiger partial charge in [0.2, 0.25) is 0 Å². The third-order valence-corrected chi connectivity index (χ3v) is 5.51. The van der Waals surface area contributed by atoms with Crippen LogP contribution in [0.25, 0.3) is 0 Å². The van der Waals surface area contributed by atoms with Crippen LogP contribution in [0.1, 0.15) is 41.0 Å². The molecule has 2 nitrogen and oxygen atoms in total. The van der Waals surface area contributed by atoms with E-state index in [9.17, 15) is 4.79 Å². The highest BCUT2D eigenvalue weighted by molar-refractivity contribution is 7.99. The van der Waals surface area contributed by atoms with Crippen LogP contribution in [-0.4, -0.2) is 18.3 Å². The molecule has 1 saturated heterocycles. The van der Waals surface area contributed by atoms with Crippen molar-refractivity contribution in [1.82, 2.24) is 0 Å². The highest BCUT2D eigenvalue weighted by Gasteiger charge is 2.46. The number of ether oxygens (including phenoxy) is 1. The molecule has 1 aliphatic rings. The zero-order valence-electron chi connectivity index (χ0n) is 14.4. The second-order valence-electron chi connectivity index (χ2n) is 8.20. The summed E-state index contributed by atoms with van der Waals surface area (Å²) in [4.78, 5) is 13.6. The number of carbonyl (C=O) groups is 1. The quantitative estimate of drug-likeness (QED) is 0.575. The average molecular weight is 320 g/mol. The Morgan fingerprint density at radius 3 is 2.45 bits per heavy atom. The van der Waals surface area contributed by atoms with Gasteiger partial charge in [-0.2, -0.15) is 0 Å². The van der Waals surface area contributed by atoms with Gasteiger partial charge in [-0.25, -0.2) is 0 Å². The van der Waals surface area contributed by atoms with Crippen molar-refractivity contribution >= 4 is 17.7 Å². The first-order chi connectivity index (χ1) is 10.2. The highest BCUT2D eigenvalue weighted by Crippen LogP contribution is 2.45. The fourth-order valence-corrected chi connectivity index (χ4v) is 4.51. The molecule has 0 saturated carbocycles. The topological polar surface area (TPSA) is 26.3 Å². The summed E-state index contributed by atoms with van der Waals surface area (Å²) < 4.78 is 5.49. The van der Waals surface area contributed by atoms with Crippen molar-refractivity contribution in [2.75, 3.05) is 12.4 Å². The van der Waals surface area contributed by atoms with E-state index in [1.54, 1.807) is 0 Å². The van der Waals surface area contributed by atoms with Crippen molar-refractivity contribution in [2.45, 2.75) is 45.9 Å². The van der Waals surface area contributed by atoms with E-state index in [0.717, 1.165) is 12.2 Å². The van der Waals surface area contributed by atoms with Crippen molar-refractivity contribution in [3.8, 4) is 0 Å². The molecule has 0 aromatic heterocycles. The fourth-order valence-electron chi connectivity index (χ4n) is 3.11. The zero-order valence-corrected chi connectivity index (χ0v) is 15.2. The van der Waals surface area contributed by atoms with Crippen LogP contribution >= 0.6 is 11.8 Å². The predicted octanol–water partition coefficient (Wildman–Crippen LogP) is 5.03. The molecule has 0 amide bonds. The standard InChI is InChI=1S/C19H28O2S/c1-18(2,3)11-15-16(19(4,5)13-21-17(15)20)12-22-14-9-7-6-8-10-14/h6-10,15-16H,11-13H2,1-5H3/t15-,16-/m0/s1. The van der Waals surface area contributed by atoms with Gasteiger partial charge in [0.15, 0.2) is 0 Å². The number of hydrogen-bond acceptors (Lipinski definition) is 3. The third kappa shape index (κ3) is 4.52. The molecule has 1 aliphatic heterocycles. The average Bonchev–Trinajstić information content (AvgIpc) is 2.42. The molecule has 1 fully saturated rings. The van der Waals surface area contributed by atoms with E-state index in [4.69, 9.17) is 4.74 Å². The van der Waals surface area contributed by atoms with Crippen LogP contribution in [-0.2, 0) is 9.53 Å². The van der Waals surface area contributed by atoms with Crippen LogP contribution in [0.2, 0.25) is 0 Å². The lowest BCUT2D eigenvalue weighted by molar-refractivity contribution is -0.168. The smallest absolute Gasteiger partial charge is 0.309 e. The normalized spacial score (nSPS) is 24.9. The van der Waals surface area contributed by atoms with Crippen molar-refractivity contribution in [3.05, 3.63) is 30.3 Å². The van der Waals surface area contributed by atoms with Gasteiger partial charge in [-0.15, -0.1) is 11.8 Å². The van der Waals surface area contributed by atoms with E-state index in [2.05, 4.69) is 58.9 Å². The highest BCUT2D eigenvalue weighted by atomic mass is 32.2. The first-order valence-electron chi connectivity index (χ1n) is 8.03. The Kier molecular flexibility index (Phi) is 5.26. The second-order valence-corrected chi connectivity index (χ2v) is 9.29.